The van der Waals surface area contributed by atoms with Crippen molar-refractivity contribution >= 4 is 23.0 Å². The number of likely N-dealkylation sites (tertiary alicyclic amines) is 1. The van der Waals surface area contributed by atoms with E-state index in [2.05, 4.69) is 0 Å². The van der Waals surface area contributed by atoms with Crippen LogP contribution in [0.3, 0.4) is 0 Å². The molecule has 0 saturated carbocycles. The molecule has 1 atom stereocenters. The molecule has 7 heteroatoms. The minimum absolute atomic E-state index is 0.294. The molecule has 7 nitrogen and oxygen atoms in total. The average Bonchev–Trinajstić information content (AvgIpc) is 3.17. The second kappa shape index (κ2) is 7.78. The van der Waals surface area contributed by atoms with Crippen LogP contribution in [0, 0.1) is 0 Å². The number of hydrogen-bond acceptors (Lipinski definition) is 6. The van der Waals surface area contributed by atoms with Gasteiger partial charge in [0.25, 0.3) is 0 Å². The monoisotopic (exact) mass is 413 g/mol. The van der Waals surface area contributed by atoms with Crippen LogP contribution in [0.2, 0.25) is 0 Å². The van der Waals surface area contributed by atoms with Gasteiger partial charge in [-0.25, -0.2) is 14.4 Å². The summed E-state index contributed by atoms with van der Waals surface area (Å²) in [5, 5.41) is 0.889. The third-order valence-corrected chi connectivity index (χ3v) is 5.57. The number of ether oxygens (including phenoxy) is 2. The molecule has 0 radical (unpaired) electrons. The Kier molecular flexibility index (Phi) is 5.30. The summed E-state index contributed by atoms with van der Waals surface area (Å²) in [6.07, 6.45) is 4.35. The van der Waals surface area contributed by atoms with E-state index in [0.717, 1.165) is 42.2 Å². The van der Waals surface area contributed by atoms with Crippen LogP contribution in [0.25, 0.3) is 11.0 Å². The maximum Gasteiger partial charge on any atom is 0.411 e. The normalized spacial score (nSPS) is 18.9. The van der Waals surface area contributed by atoms with Gasteiger partial charge >= 0.3 is 17.7 Å². The second-order valence-corrected chi connectivity index (χ2v) is 8.96. The summed E-state index contributed by atoms with van der Waals surface area (Å²) < 4.78 is 16.4. The Bertz CT molecular complexity index is 1050. The molecular formula is C23H27NO6. The van der Waals surface area contributed by atoms with Crippen LogP contribution in [0.5, 0.6) is 5.75 Å². The third-order valence-electron chi connectivity index (χ3n) is 5.57. The first-order chi connectivity index (χ1) is 14.2. The highest BCUT2D eigenvalue weighted by atomic mass is 16.6. The largest absolute Gasteiger partial charge is 0.444 e. The summed E-state index contributed by atoms with van der Waals surface area (Å²) in [7, 11) is 0. The Morgan fingerprint density at radius 3 is 2.57 bits per heavy atom. The van der Waals surface area contributed by atoms with Gasteiger partial charge in [-0.2, -0.15) is 0 Å². The van der Waals surface area contributed by atoms with E-state index in [9.17, 15) is 14.4 Å². The van der Waals surface area contributed by atoms with Gasteiger partial charge in [-0.3, -0.25) is 4.90 Å². The average molecular weight is 413 g/mol. The lowest BCUT2D eigenvalue weighted by Crippen LogP contribution is -2.44. The lowest BCUT2D eigenvalue weighted by Gasteiger charge is -2.27. The highest BCUT2D eigenvalue weighted by Gasteiger charge is 2.38. The van der Waals surface area contributed by atoms with E-state index in [1.165, 1.54) is 4.90 Å². The first-order valence-electron chi connectivity index (χ1n) is 10.5. The number of hydrogen-bond donors (Lipinski definition) is 0. The molecule has 4 rings (SSSR count). The summed E-state index contributed by atoms with van der Waals surface area (Å²) in [6.45, 7) is 5.81. The summed E-state index contributed by atoms with van der Waals surface area (Å²) in [6, 6.07) is 4.44. The predicted molar refractivity (Wildman–Crippen MR) is 111 cm³/mol. The molecule has 2 aromatic rings. The van der Waals surface area contributed by atoms with Gasteiger partial charge in [-0.05, 0) is 77.0 Å². The zero-order chi connectivity index (χ0) is 21.5. The maximum absolute atomic E-state index is 12.8. The molecule has 160 valence electrons. The number of carbonyl (C=O) groups excluding carboxylic acids is 2. The molecule has 0 spiro atoms. The van der Waals surface area contributed by atoms with Crippen LogP contribution < -0.4 is 10.4 Å². The van der Waals surface area contributed by atoms with E-state index in [1.807, 2.05) is 6.07 Å². The number of benzene rings is 1. The Hall–Kier alpha value is -2.83. The van der Waals surface area contributed by atoms with Crippen LogP contribution in [0.4, 0.5) is 4.79 Å². The van der Waals surface area contributed by atoms with Gasteiger partial charge in [0.05, 0.1) is 0 Å². The number of amides is 1. The van der Waals surface area contributed by atoms with Crippen LogP contribution in [0.15, 0.2) is 27.4 Å². The molecule has 1 aromatic heterocycles. The number of aryl methyl sites for hydroxylation is 1. The number of nitrogens with zero attached hydrogens (tertiary/aromatic N) is 1. The fourth-order valence-corrected chi connectivity index (χ4v) is 4.22. The van der Waals surface area contributed by atoms with Gasteiger partial charge in [-0.15, -0.1) is 0 Å². The molecule has 1 aromatic carbocycles. The molecule has 0 N–H and O–H groups in total. The summed E-state index contributed by atoms with van der Waals surface area (Å²) >= 11 is 0. The molecule has 1 amide bonds. The van der Waals surface area contributed by atoms with E-state index in [-0.39, 0.29) is 5.63 Å². The first kappa shape index (κ1) is 20.4. The Morgan fingerprint density at radius 2 is 1.83 bits per heavy atom. The fourth-order valence-electron chi connectivity index (χ4n) is 4.22. The molecular weight excluding hydrogens is 386 g/mol. The van der Waals surface area contributed by atoms with E-state index >= 15 is 0 Å². The van der Waals surface area contributed by atoms with Crippen LogP contribution in [-0.2, 0) is 22.4 Å². The van der Waals surface area contributed by atoms with Crippen molar-refractivity contribution in [3.05, 3.63) is 39.7 Å². The van der Waals surface area contributed by atoms with Gasteiger partial charge in [0.2, 0.25) is 0 Å². The molecule has 1 saturated heterocycles. The van der Waals surface area contributed by atoms with Gasteiger partial charge in [0.1, 0.15) is 23.0 Å². The first-order valence-corrected chi connectivity index (χ1v) is 10.5. The lowest BCUT2D eigenvalue weighted by atomic mass is 9.91. The number of esters is 1. The summed E-state index contributed by atoms with van der Waals surface area (Å²) in [5.74, 6) is -0.222. The lowest BCUT2D eigenvalue weighted by molar-refractivity contribution is -0.139. The van der Waals surface area contributed by atoms with Crippen molar-refractivity contribution in [2.24, 2.45) is 0 Å². The van der Waals surface area contributed by atoms with Gasteiger partial charge in [-0.1, -0.05) is 0 Å². The van der Waals surface area contributed by atoms with E-state index in [1.54, 1.807) is 32.9 Å². The summed E-state index contributed by atoms with van der Waals surface area (Å²) in [4.78, 5) is 38.9. The smallest absolute Gasteiger partial charge is 0.411 e. The SMILES string of the molecule is CC(C)(C)OC(=O)N1CCC[C@H]1C(=O)Oc1ccc2c3c(c(=O)oc2c1)CCCC3. The van der Waals surface area contributed by atoms with Gasteiger partial charge in [0.15, 0.2) is 0 Å². The molecule has 1 aliphatic heterocycles. The van der Waals surface area contributed by atoms with Crippen LogP contribution >= 0.6 is 0 Å². The predicted octanol–water partition coefficient (Wildman–Crippen LogP) is 3.98. The van der Waals surface area contributed by atoms with E-state index in [4.69, 9.17) is 13.9 Å². The summed E-state index contributed by atoms with van der Waals surface area (Å²) in [5.41, 5.74) is 1.27. The minimum Gasteiger partial charge on any atom is -0.444 e. The number of fused-ring (bicyclic) bond motifs is 3. The van der Waals surface area contributed by atoms with Crippen molar-refractivity contribution < 1.29 is 23.5 Å². The number of rotatable bonds is 2. The fraction of sp³-hybridized carbons (Fsp3) is 0.522. The molecule has 0 bridgehead atoms. The topological polar surface area (TPSA) is 86.0 Å². The quantitative estimate of drug-likeness (QED) is 0.421. The Labute approximate surface area is 174 Å². The van der Waals surface area contributed by atoms with Gasteiger partial charge < -0.3 is 13.9 Å². The second-order valence-electron chi connectivity index (χ2n) is 8.96. The van der Waals surface area contributed by atoms with Crippen molar-refractivity contribution in [2.75, 3.05) is 6.54 Å². The van der Waals surface area contributed by atoms with Crippen molar-refractivity contribution in [1.29, 1.82) is 0 Å². The van der Waals surface area contributed by atoms with Crippen molar-refractivity contribution in [3.63, 3.8) is 0 Å². The molecule has 30 heavy (non-hydrogen) atoms. The van der Waals surface area contributed by atoms with Crippen LogP contribution in [-0.4, -0.2) is 35.2 Å². The Morgan fingerprint density at radius 1 is 1.10 bits per heavy atom. The van der Waals surface area contributed by atoms with E-state index in [0.29, 0.717) is 30.7 Å². The van der Waals surface area contributed by atoms with Crippen LogP contribution in [0.1, 0.15) is 57.6 Å². The third kappa shape index (κ3) is 4.06. The molecule has 1 aliphatic carbocycles. The van der Waals surface area contributed by atoms with Crippen molar-refractivity contribution in [3.8, 4) is 5.75 Å². The molecule has 0 unspecified atom stereocenters. The highest BCUT2D eigenvalue weighted by molar-refractivity contribution is 5.86. The molecule has 1 fully saturated rings. The minimum atomic E-state index is -0.689. The molecule has 2 heterocycles. The van der Waals surface area contributed by atoms with E-state index < -0.39 is 23.7 Å². The standard InChI is InChI=1S/C23H27NO6/c1-23(2,3)30-22(27)24-12-6-9-18(24)21(26)28-14-10-11-16-15-7-4-5-8-17(15)20(25)29-19(16)13-14/h10-11,13,18H,4-9,12H2,1-3H3/t18-/m0/s1. The van der Waals surface area contributed by atoms with Crippen molar-refractivity contribution in [2.45, 2.75) is 70.9 Å². The molecule has 2 aliphatic rings. The van der Waals surface area contributed by atoms with Gasteiger partial charge in [0, 0.05) is 23.6 Å². The highest BCUT2D eigenvalue weighted by Crippen LogP contribution is 2.30. The zero-order valence-corrected chi connectivity index (χ0v) is 17.7. The van der Waals surface area contributed by atoms with Crippen molar-refractivity contribution in [1.82, 2.24) is 4.90 Å². The number of carbonyl (C=O) groups is 2. The Balaban J connectivity index is 1.54. The maximum atomic E-state index is 12.8. The zero-order valence-electron chi connectivity index (χ0n) is 17.7.